The van der Waals surface area contributed by atoms with E-state index in [0.29, 0.717) is 0 Å². The highest BCUT2D eigenvalue weighted by atomic mass is 15.1. The van der Waals surface area contributed by atoms with Crippen molar-refractivity contribution in [3.8, 4) is 33.4 Å². The maximum atomic E-state index is 2.59. The molecule has 0 heterocycles. The number of para-hydroxylation sites is 1. The summed E-state index contributed by atoms with van der Waals surface area (Å²) in [6.45, 7) is 0. The van der Waals surface area contributed by atoms with E-state index < -0.39 is 10.8 Å². The van der Waals surface area contributed by atoms with Gasteiger partial charge in [0.15, 0.2) is 0 Å². The number of anilines is 3. The molecule has 0 fully saturated rings. The van der Waals surface area contributed by atoms with Gasteiger partial charge in [0.2, 0.25) is 0 Å². The van der Waals surface area contributed by atoms with Crippen molar-refractivity contribution >= 4 is 44.2 Å². The molecule has 0 bridgehead atoms. The molecular weight excluding hydrogens is 951 g/mol. The number of hydrogen-bond donors (Lipinski definition) is 0. The summed E-state index contributed by atoms with van der Waals surface area (Å²) in [4.78, 5) is 2.52. The first-order valence-electron chi connectivity index (χ1n) is 28.2. The Kier molecular flexibility index (Phi) is 9.57. The Morgan fingerprint density at radius 2 is 0.937 bits per heavy atom. The Morgan fingerprint density at radius 3 is 1.67 bits per heavy atom. The number of nitrogens with zero attached hydrogens (tertiary/aromatic N) is 1. The maximum absolute atomic E-state index is 2.59. The third-order valence-corrected chi connectivity index (χ3v) is 18.7. The van der Waals surface area contributed by atoms with Gasteiger partial charge in [0.1, 0.15) is 0 Å². The standard InChI is InChI=1S/C78H53N/c1-4-23-53(24-5-1)77(54-25-6-2-7-26-54)72-47-50(46-68-65-33-18-21-52-22-19-34-67(75(52)65)76-58-29-11-10-20-51(58)39-43-66(68)76)38-42-62(72)64-45-41-56(48-73(64)77)79(55-27-8-3-9-28-55)57-40-44-63-61-32-14-17-37-71(61)78(74(63)49-57)69-35-15-12-30-59(69)60-31-13-16-36-70(60)78/h1-12,14-30,32-45,47-49,68H,13,31,46H2. The van der Waals surface area contributed by atoms with Crippen LogP contribution >= 0.6 is 0 Å². The molecule has 12 aromatic carbocycles. The predicted octanol–water partition coefficient (Wildman–Crippen LogP) is 19.6. The summed E-state index contributed by atoms with van der Waals surface area (Å²) in [5.41, 5.74) is 28.0. The number of rotatable bonds is 7. The molecule has 0 amide bonds. The SMILES string of the molecule is C1=CC2=C(CC1)c1ccccc1C21c2ccccc2-c2ccc(N(c3ccccc3)c3ccc4c(c3)C(c3ccccc3)(c3ccccc3)c3cc(CC5c6ccc7ccccc7c6-c6cccc7cccc5c67)ccc3-4)cc21. The zero-order chi connectivity index (χ0) is 51.8. The fraction of sp³-hybridized carbons (Fsp3) is 0.0769. The van der Waals surface area contributed by atoms with Gasteiger partial charge in [-0.15, -0.1) is 0 Å². The lowest BCUT2D eigenvalue weighted by atomic mass is 9.67. The van der Waals surface area contributed by atoms with Gasteiger partial charge >= 0.3 is 0 Å². The van der Waals surface area contributed by atoms with E-state index in [-0.39, 0.29) is 5.92 Å². The molecule has 0 saturated carbocycles. The highest BCUT2D eigenvalue weighted by Gasteiger charge is 2.53. The van der Waals surface area contributed by atoms with Crippen molar-refractivity contribution < 1.29 is 0 Å². The molecule has 0 N–H and O–H groups in total. The molecule has 1 nitrogen and oxygen atoms in total. The van der Waals surface area contributed by atoms with Crippen molar-refractivity contribution in [3.63, 3.8) is 0 Å². The van der Waals surface area contributed by atoms with Gasteiger partial charge in [-0.2, -0.15) is 0 Å². The van der Waals surface area contributed by atoms with Crippen LogP contribution in [0.25, 0.3) is 60.5 Å². The molecule has 2 unspecified atom stereocenters. The van der Waals surface area contributed by atoms with Crippen molar-refractivity contribution in [1.82, 2.24) is 0 Å². The average Bonchev–Trinajstić information content (AvgIpc) is 2.92. The quantitative estimate of drug-likeness (QED) is 0.154. The van der Waals surface area contributed by atoms with Gasteiger partial charge in [0.05, 0.1) is 10.8 Å². The second-order valence-corrected chi connectivity index (χ2v) is 22.4. The molecule has 0 radical (unpaired) electrons. The minimum atomic E-state index is -0.623. The second kappa shape index (κ2) is 17.0. The lowest BCUT2D eigenvalue weighted by Crippen LogP contribution is -2.29. The van der Waals surface area contributed by atoms with Crippen LogP contribution in [0.5, 0.6) is 0 Å². The highest BCUT2D eigenvalue weighted by molar-refractivity contribution is 6.10. The van der Waals surface area contributed by atoms with Gasteiger partial charge in [0, 0.05) is 23.0 Å². The van der Waals surface area contributed by atoms with Crippen LogP contribution in [-0.4, -0.2) is 0 Å². The molecular formula is C78H53N. The second-order valence-electron chi connectivity index (χ2n) is 22.4. The van der Waals surface area contributed by atoms with E-state index >= 15 is 0 Å². The summed E-state index contributed by atoms with van der Waals surface area (Å²) < 4.78 is 0. The van der Waals surface area contributed by atoms with Crippen molar-refractivity contribution in [2.24, 2.45) is 0 Å². The van der Waals surface area contributed by atoms with E-state index in [1.807, 2.05) is 0 Å². The first kappa shape index (κ1) is 44.6. The van der Waals surface area contributed by atoms with Crippen LogP contribution < -0.4 is 4.90 Å². The minimum Gasteiger partial charge on any atom is -0.310 e. The average molecular weight is 1000 g/mol. The summed E-state index contributed by atoms with van der Waals surface area (Å²) >= 11 is 0. The zero-order valence-electron chi connectivity index (χ0n) is 43.7. The third-order valence-electron chi connectivity index (χ3n) is 18.7. The van der Waals surface area contributed by atoms with Crippen LogP contribution in [0.15, 0.2) is 285 Å². The van der Waals surface area contributed by atoms with Crippen molar-refractivity contribution in [3.05, 3.63) is 346 Å². The van der Waals surface area contributed by atoms with Gasteiger partial charge in [-0.3, -0.25) is 0 Å². The summed E-state index contributed by atoms with van der Waals surface area (Å²) in [6, 6.07) is 102. The van der Waals surface area contributed by atoms with Crippen LogP contribution in [0.2, 0.25) is 0 Å². The fourth-order valence-corrected chi connectivity index (χ4v) is 15.7. The number of benzene rings is 12. The molecule has 2 atom stereocenters. The predicted molar refractivity (Wildman–Crippen MR) is 328 cm³/mol. The first-order valence-corrected chi connectivity index (χ1v) is 28.2. The normalized spacial score (nSPS) is 17.2. The Bertz CT molecular complexity index is 4530. The molecule has 0 saturated heterocycles. The van der Waals surface area contributed by atoms with Crippen LogP contribution in [-0.2, 0) is 17.3 Å². The van der Waals surface area contributed by atoms with E-state index in [1.54, 1.807) is 0 Å². The Labute approximate surface area is 461 Å². The third kappa shape index (κ3) is 6.11. The molecule has 79 heavy (non-hydrogen) atoms. The molecule has 17 rings (SSSR count). The van der Waals surface area contributed by atoms with Crippen molar-refractivity contribution in [2.45, 2.75) is 36.0 Å². The monoisotopic (exact) mass is 1000 g/mol. The smallest absolute Gasteiger partial charge is 0.0722 e. The summed E-state index contributed by atoms with van der Waals surface area (Å²) in [7, 11) is 0. The van der Waals surface area contributed by atoms with Gasteiger partial charge in [-0.25, -0.2) is 0 Å². The van der Waals surface area contributed by atoms with E-state index in [0.717, 1.165) is 36.3 Å². The van der Waals surface area contributed by atoms with Crippen molar-refractivity contribution in [1.29, 1.82) is 0 Å². The molecule has 5 aliphatic rings. The Hall–Kier alpha value is -9.56. The fourth-order valence-electron chi connectivity index (χ4n) is 15.7. The molecule has 12 aromatic rings. The lowest BCUT2D eigenvalue weighted by Gasteiger charge is -2.36. The highest BCUT2D eigenvalue weighted by Crippen LogP contribution is 2.65. The molecule has 0 aliphatic heterocycles. The van der Waals surface area contributed by atoms with Gasteiger partial charge in [-0.1, -0.05) is 243 Å². The minimum absolute atomic E-state index is 0.169. The summed E-state index contributed by atoms with van der Waals surface area (Å²) in [6.07, 6.45) is 7.85. The Balaban J connectivity index is 0.867. The maximum Gasteiger partial charge on any atom is 0.0722 e. The summed E-state index contributed by atoms with van der Waals surface area (Å²) in [5, 5.41) is 5.29. The van der Waals surface area contributed by atoms with Gasteiger partial charge in [0.25, 0.3) is 0 Å². The van der Waals surface area contributed by atoms with E-state index in [9.17, 15) is 0 Å². The van der Waals surface area contributed by atoms with Crippen LogP contribution in [0.3, 0.4) is 0 Å². The number of allylic oxidation sites excluding steroid dienone is 4. The van der Waals surface area contributed by atoms with Gasteiger partial charge in [-0.05, 0) is 183 Å². The van der Waals surface area contributed by atoms with Crippen LogP contribution in [0.4, 0.5) is 17.1 Å². The van der Waals surface area contributed by atoms with Crippen LogP contribution in [0.1, 0.15) is 80.0 Å². The lowest BCUT2D eigenvalue weighted by molar-refractivity contribution is 0.760. The molecule has 5 aliphatic carbocycles. The molecule has 1 heteroatoms. The zero-order valence-corrected chi connectivity index (χ0v) is 43.7. The van der Waals surface area contributed by atoms with Crippen molar-refractivity contribution in [2.75, 3.05) is 4.90 Å². The van der Waals surface area contributed by atoms with Crippen LogP contribution in [0, 0.1) is 0 Å². The Morgan fingerprint density at radius 1 is 0.380 bits per heavy atom. The van der Waals surface area contributed by atoms with E-state index in [4.69, 9.17) is 0 Å². The largest absolute Gasteiger partial charge is 0.310 e. The number of fused-ring (bicyclic) bond motifs is 16. The first-order chi connectivity index (χ1) is 39.2. The molecule has 370 valence electrons. The summed E-state index contributed by atoms with van der Waals surface area (Å²) in [5.74, 6) is 0.169. The topological polar surface area (TPSA) is 3.24 Å². The van der Waals surface area contributed by atoms with E-state index in [2.05, 4.69) is 284 Å². The van der Waals surface area contributed by atoms with E-state index in [1.165, 1.54) is 127 Å². The molecule has 1 spiro atoms. The molecule has 0 aromatic heterocycles. The number of hydrogen-bond acceptors (Lipinski definition) is 1. The van der Waals surface area contributed by atoms with Gasteiger partial charge < -0.3 is 4.90 Å².